The molecule has 0 amide bonds. The predicted molar refractivity (Wildman–Crippen MR) is 122 cm³/mol. The van der Waals surface area contributed by atoms with Crippen molar-refractivity contribution in [1.82, 2.24) is 24.9 Å². The first-order valence-electron chi connectivity index (χ1n) is 11.4. The number of anilines is 1. The minimum absolute atomic E-state index is 0.0136. The Labute approximate surface area is 211 Å². The maximum Gasteiger partial charge on any atom is 0.394 e. The second kappa shape index (κ2) is 9.84. The van der Waals surface area contributed by atoms with Crippen molar-refractivity contribution >= 4 is 11.8 Å². The van der Waals surface area contributed by atoms with Crippen LogP contribution >= 0.6 is 0 Å². The summed E-state index contributed by atoms with van der Waals surface area (Å²) in [6, 6.07) is 7.00. The van der Waals surface area contributed by atoms with Crippen LogP contribution in [0.2, 0.25) is 0 Å². The number of aliphatic carboxylic acids is 1. The average Bonchev–Trinajstić information content (AvgIpc) is 3.55. The smallest absolute Gasteiger partial charge is 0.394 e. The van der Waals surface area contributed by atoms with Crippen LogP contribution in [0.15, 0.2) is 53.4 Å². The van der Waals surface area contributed by atoms with Crippen LogP contribution in [-0.2, 0) is 11.3 Å². The molecule has 198 valence electrons. The average molecular weight is 534 g/mol. The SMILES string of the molecule is O=C(O)C1C(C(F)(F)F)CCCN1c1nc(-c2cc(-c3ccon3)n(Cc3ccccc3F)n2)ncc1F. The molecule has 4 aromatic rings. The molecule has 2 unspecified atom stereocenters. The Bertz CT molecular complexity index is 1460. The van der Waals surface area contributed by atoms with Gasteiger partial charge in [-0.2, -0.15) is 18.3 Å². The van der Waals surface area contributed by atoms with Gasteiger partial charge in [0.05, 0.1) is 24.4 Å². The molecule has 2 atom stereocenters. The van der Waals surface area contributed by atoms with Crippen LogP contribution in [0.4, 0.5) is 27.8 Å². The monoisotopic (exact) mass is 534 g/mol. The highest BCUT2D eigenvalue weighted by atomic mass is 19.4. The van der Waals surface area contributed by atoms with Gasteiger partial charge >= 0.3 is 12.1 Å². The van der Waals surface area contributed by atoms with Crippen molar-refractivity contribution < 1.29 is 36.4 Å². The molecule has 1 aliphatic heterocycles. The number of halogens is 5. The van der Waals surface area contributed by atoms with Crippen LogP contribution in [0.1, 0.15) is 18.4 Å². The van der Waals surface area contributed by atoms with Gasteiger partial charge in [-0.1, -0.05) is 23.4 Å². The molecule has 9 nitrogen and oxygen atoms in total. The zero-order valence-electron chi connectivity index (χ0n) is 19.4. The van der Waals surface area contributed by atoms with E-state index < -0.39 is 48.0 Å². The third-order valence-electron chi connectivity index (χ3n) is 6.29. The molecule has 1 saturated heterocycles. The van der Waals surface area contributed by atoms with Gasteiger partial charge in [0.25, 0.3) is 0 Å². The summed E-state index contributed by atoms with van der Waals surface area (Å²) in [4.78, 5) is 20.7. The standard InChI is InChI=1S/C24H19F5N6O3/c25-15-6-2-1-4-13(15)12-35-19(17-7-9-38-33-17)10-18(32-35)21-30-11-16(26)22(31-21)34-8-3-5-14(24(27,28)29)20(34)23(36)37/h1-2,4,6-7,9-11,14,20H,3,5,8,12H2,(H,36,37). The Morgan fingerprint density at radius 2 is 1.92 bits per heavy atom. The summed E-state index contributed by atoms with van der Waals surface area (Å²) in [5.41, 5.74) is 1.11. The molecule has 0 bridgehead atoms. The first-order valence-corrected chi connectivity index (χ1v) is 11.4. The van der Waals surface area contributed by atoms with Crippen LogP contribution in [0.25, 0.3) is 22.9 Å². The van der Waals surface area contributed by atoms with Gasteiger partial charge in [-0.15, -0.1) is 0 Å². The maximum atomic E-state index is 14.8. The third-order valence-corrected chi connectivity index (χ3v) is 6.29. The lowest BCUT2D eigenvalue weighted by Crippen LogP contribution is -2.55. The van der Waals surface area contributed by atoms with Crippen LogP contribution in [-0.4, -0.2) is 54.7 Å². The summed E-state index contributed by atoms with van der Waals surface area (Å²) in [6.07, 6.45) is -3.15. The minimum atomic E-state index is -4.80. The van der Waals surface area contributed by atoms with Gasteiger partial charge in [0.1, 0.15) is 29.5 Å². The molecular formula is C24H19F5N6O3. The number of alkyl halides is 3. The maximum absolute atomic E-state index is 14.8. The lowest BCUT2D eigenvalue weighted by molar-refractivity contribution is -0.192. The minimum Gasteiger partial charge on any atom is -0.480 e. The van der Waals surface area contributed by atoms with Crippen molar-refractivity contribution in [2.24, 2.45) is 5.92 Å². The summed E-state index contributed by atoms with van der Waals surface area (Å²) in [7, 11) is 0. The number of benzene rings is 1. The van der Waals surface area contributed by atoms with Crippen molar-refractivity contribution in [2.45, 2.75) is 31.6 Å². The van der Waals surface area contributed by atoms with Gasteiger partial charge in [-0.25, -0.2) is 23.5 Å². The van der Waals surface area contributed by atoms with Crippen molar-refractivity contribution in [2.75, 3.05) is 11.4 Å². The highest BCUT2D eigenvalue weighted by Crippen LogP contribution is 2.40. The molecule has 1 aromatic carbocycles. The van der Waals surface area contributed by atoms with Crippen LogP contribution in [0.5, 0.6) is 0 Å². The topological polar surface area (TPSA) is 110 Å². The van der Waals surface area contributed by atoms with E-state index in [4.69, 9.17) is 4.52 Å². The summed E-state index contributed by atoms with van der Waals surface area (Å²) in [6.45, 7) is -0.174. The molecule has 0 saturated carbocycles. The number of carboxylic acids is 1. The number of aromatic nitrogens is 5. The lowest BCUT2D eigenvalue weighted by Gasteiger charge is -2.40. The first kappa shape index (κ1) is 25.3. The first-order chi connectivity index (χ1) is 18.1. The predicted octanol–water partition coefficient (Wildman–Crippen LogP) is 4.55. The van der Waals surface area contributed by atoms with Crippen molar-refractivity contribution in [1.29, 1.82) is 0 Å². The van der Waals surface area contributed by atoms with E-state index in [-0.39, 0.29) is 31.0 Å². The zero-order valence-corrected chi connectivity index (χ0v) is 19.4. The van der Waals surface area contributed by atoms with E-state index in [9.17, 15) is 31.9 Å². The van der Waals surface area contributed by atoms with Gasteiger partial charge < -0.3 is 14.5 Å². The number of piperidine rings is 1. The Kier molecular flexibility index (Phi) is 6.55. The fourth-order valence-corrected chi connectivity index (χ4v) is 4.55. The fraction of sp³-hybridized carbons (Fsp3) is 0.292. The Morgan fingerprint density at radius 3 is 2.61 bits per heavy atom. The molecule has 0 radical (unpaired) electrons. The van der Waals surface area contributed by atoms with Gasteiger partial charge in [-0.3, -0.25) is 4.68 Å². The van der Waals surface area contributed by atoms with Crippen LogP contribution in [0.3, 0.4) is 0 Å². The molecule has 14 heteroatoms. The van der Waals surface area contributed by atoms with Crippen molar-refractivity contribution in [3.05, 3.63) is 66.1 Å². The number of hydrogen-bond donors (Lipinski definition) is 1. The van der Waals surface area contributed by atoms with Gasteiger partial charge in [0, 0.05) is 18.2 Å². The van der Waals surface area contributed by atoms with E-state index in [1.54, 1.807) is 12.1 Å². The molecule has 5 rings (SSSR count). The summed E-state index contributed by atoms with van der Waals surface area (Å²) < 4.78 is 76.3. The van der Waals surface area contributed by atoms with E-state index >= 15 is 0 Å². The molecule has 4 heterocycles. The number of rotatable bonds is 6. The molecule has 3 aromatic heterocycles. The molecule has 1 aliphatic rings. The second-order valence-corrected chi connectivity index (χ2v) is 8.68. The number of carboxylic acid groups (broad SMARTS) is 1. The number of nitrogens with zero attached hydrogens (tertiary/aromatic N) is 6. The van der Waals surface area contributed by atoms with Crippen molar-refractivity contribution in [3.8, 4) is 22.9 Å². The highest BCUT2D eigenvalue weighted by molar-refractivity contribution is 5.79. The number of carbonyl (C=O) groups is 1. The van der Waals surface area contributed by atoms with Crippen LogP contribution < -0.4 is 4.90 Å². The van der Waals surface area contributed by atoms with E-state index in [0.717, 1.165) is 11.1 Å². The van der Waals surface area contributed by atoms with Crippen molar-refractivity contribution in [3.63, 3.8) is 0 Å². The fourth-order valence-electron chi connectivity index (χ4n) is 4.55. The van der Waals surface area contributed by atoms with Gasteiger partial charge in [0.2, 0.25) is 0 Å². The normalized spacial score (nSPS) is 18.1. The van der Waals surface area contributed by atoms with E-state index in [1.165, 1.54) is 35.2 Å². The van der Waals surface area contributed by atoms with E-state index in [0.29, 0.717) is 17.0 Å². The largest absolute Gasteiger partial charge is 0.480 e. The van der Waals surface area contributed by atoms with E-state index in [2.05, 4.69) is 20.2 Å². The summed E-state index contributed by atoms with van der Waals surface area (Å²) in [5, 5.41) is 17.9. The molecule has 1 fully saturated rings. The second-order valence-electron chi connectivity index (χ2n) is 8.68. The molecular weight excluding hydrogens is 515 g/mol. The summed E-state index contributed by atoms with van der Waals surface area (Å²) in [5.74, 6) is -6.25. The van der Waals surface area contributed by atoms with Gasteiger partial charge in [0.15, 0.2) is 17.5 Å². The third kappa shape index (κ3) is 4.80. The van der Waals surface area contributed by atoms with E-state index in [1.807, 2.05) is 0 Å². The summed E-state index contributed by atoms with van der Waals surface area (Å²) >= 11 is 0. The molecule has 0 spiro atoms. The van der Waals surface area contributed by atoms with Gasteiger partial charge in [-0.05, 0) is 25.0 Å². The van der Waals surface area contributed by atoms with Crippen LogP contribution in [0, 0.1) is 17.6 Å². The zero-order chi connectivity index (χ0) is 27.0. The molecule has 1 N–H and O–H groups in total. The Balaban J connectivity index is 1.56. The number of hydrogen-bond acceptors (Lipinski definition) is 7. The Hall–Kier alpha value is -4.36. The quantitative estimate of drug-likeness (QED) is 0.359. The Morgan fingerprint density at radius 1 is 1.13 bits per heavy atom. The molecule has 0 aliphatic carbocycles. The lowest BCUT2D eigenvalue weighted by atomic mass is 9.88. The molecule has 38 heavy (non-hydrogen) atoms. The highest BCUT2D eigenvalue weighted by Gasteiger charge is 2.52.